The fraction of sp³-hybridized carbons (Fsp3) is 0.455. The van der Waals surface area contributed by atoms with Gasteiger partial charge in [0.25, 0.3) is 0 Å². The minimum atomic E-state index is 1.41. The van der Waals surface area contributed by atoms with Gasteiger partial charge in [-0.05, 0) is 781 Å². The van der Waals surface area contributed by atoms with Gasteiger partial charge in [0.05, 0.1) is 0 Å². The summed E-state index contributed by atoms with van der Waals surface area (Å²) in [6, 6.07) is 0. The van der Waals surface area contributed by atoms with E-state index in [2.05, 4.69) is 415 Å². The van der Waals surface area contributed by atoms with Gasteiger partial charge in [-0.3, -0.25) is 0 Å². The first-order chi connectivity index (χ1) is 60.6. The van der Waals surface area contributed by atoms with Crippen LogP contribution in [0.25, 0.3) is 98.1 Å². The molecular formula is C132H180. The molecule has 0 N–H and O–H groups in total. The van der Waals surface area contributed by atoms with Crippen LogP contribution in [0.3, 0.4) is 0 Å². The number of aryl methyl sites for hydroxylation is 18. The first kappa shape index (κ1) is 110. The second-order valence-electron chi connectivity index (χ2n) is 42.8. The molecule has 0 amide bonds. The van der Waals surface area contributed by atoms with Crippen LogP contribution in [-0.2, 0) is 0 Å². The smallest absolute Gasteiger partial charge is 0.00685 e. The summed E-state index contributed by atoms with van der Waals surface area (Å²) < 4.78 is 0. The highest BCUT2D eigenvalue weighted by Gasteiger charge is 2.28. The lowest BCUT2D eigenvalue weighted by Crippen LogP contribution is -2.03. The highest BCUT2D eigenvalue weighted by atomic mass is 14.3. The summed E-state index contributed by atoms with van der Waals surface area (Å²) in [5.41, 5.74) is 86.3. The van der Waals surface area contributed by atoms with Gasteiger partial charge in [0, 0.05) is 0 Å². The fourth-order valence-corrected chi connectivity index (χ4v) is 21.9. The topological polar surface area (TPSA) is 0 Å². The number of hydrogen-bond donors (Lipinski definition) is 0. The molecular weight excluding hydrogens is 1590 g/mol. The zero-order valence-corrected chi connectivity index (χ0v) is 96.0. The Labute approximate surface area is 808 Å². The van der Waals surface area contributed by atoms with Crippen molar-refractivity contribution in [2.45, 2.75) is 415 Å². The minimum absolute atomic E-state index is 1.41. The first-order valence-corrected chi connectivity index (χ1v) is 49.5. The van der Waals surface area contributed by atoms with Gasteiger partial charge < -0.3 is 0 Å². The Bertz CT molecular complexity index is 5910. The summed E-state index contributed by atoms with van der Waals surface area (Å²) in [6.45, 7) is 136. The molecule has 0 nitrogen and oxygen atoms in total. The van der Waals surface area contributed by atoms with Gasteiger partial charge in [0.15, 0.2) is 0 Å². The van der Waals surface area contributed by atoms with E-state index in [1.165, 1.54) is 399 Å². The lowest BCUT2D eigenvalue weighted by Gasteiger charge is -2.24. The average Bonchev–Trinajstić information content (AvgIpc) is 0.762. The van der Waals surface area contributed by atoms with Crippen molar-refractivity contribution in [3.05, 3.63) is 300 Å². The van der Waals surface area contributed by atoms with E-state index >= 15 is 0 Å². The van der Waals surface area contributed by atoms with E-state index in [1.54, 1.807) is 0 Å². The van der Waals surface area contributed by atoms with Crippen molar-refractivity contribution in [3.8, 4) is 0 Å². The Morgan fingerprint density at radius 3 is 0.205 bits per heavy atom. The third-order valence-electron chi connectivity index (χ3n) is 35.6. The molecule has 0 unspecified atom stereocenters. The molecule has 0 saturated heterocycles. The monoisotopic (exact) mass is 1770 g/mol. The normalized spacial score (nSPS) is 11.2. The Balaban J connectivity index is 0.000000216. The maximum absolute atomic E-state index is 2.29. The standard InChI is InChI=1S/6C22H30/c6*1-11(2)12(3)20-17(8)15(6)18(9)21-16(7)13(4)14(5)19(10)22(20)21/h6*1-10H3. The number of fused-ring (bicyclic) bond motifs is 6. The van der Waals surface area contributed by atoms with Crippen molar-refractivity contribution in [3.63, 3.8) is 0 Å². The van der Waals surface area contributed by atoms with Gasteiger partial charge in [-0.2, -0.15) is 0 Å². The number of rotatable bonds is 6. The van der Waals surface area contributed by atoms with Crippen LogP contribution in [0.4, 0.5) is 0 Å². The molecule has 0 aliphatic carbocycles. The van der Waals surface area contributed by atoms with E-state index in [-0.39, 0.29) is 0 Å². The van der Waals surface area contributed by atoms with Gasteiger partial charge >= 0.3 is 0 Å². The van der Waals surface area contributed by atoms with Gasteiger partial charge in [-0.25, -0.2) is 0 Å². The molecule has 0 atom stereocenters. The highest BCUT2D eigenvalue weighted by Crippen LogP contribution is 2.49. The third-order valence-corrected chi connectivity index (χ3v) is 35.6. The molecule has 0 spiro atoms. The maximum atomic E-state index is 2.29. The van der Waals surface area contributed by atoms with Crippen LogP contribution in [-0.4, -0.2) is 0 Å². The van der Waals surface area contributed by atoms with Crippen molar-refractivity contribution >= 4 is 98.1 Å². The van der Waals surface area contributed by atoms with Crippen LogP contribution in [0.2, 0.25) is 0 Å². The lowest BCUT2D eigenvalue weighted by atomic mass is 9.81. The summed E-state index contributed by atoms with van der Waals surface area (Å²) in [5, 5.41) is 17.7. The zero-order valence-electron chi connectivity index (χ0n) is 96.0. The fourth-order valence-electron chi connectivity index (χ4n) is 21.9. The number of benzene rings is 12. The molecule has 0 aliphatic heterocycles. The average molecular weight is 1770 g/mol. The van der Waals surface area contributed by atoms with Gasteiger partial charge in [-0.15, -0.1) is 0 Å². The molecule has 132 heavy (non-hydrogen) atoms. The molecule has 708 valence electrons. The van der Waals surface area contributed by atoms with Gasteiger partial charge in [0.2, 0.25) is 0 Å². The lowest BCUT2D eigenvalue weighted by molar-refractivity contribution is 1.21. The van der Waals surface area contributed by atoms with E-state index in [0.29, 0.717) is 0 Å². The van der Waals surface area contributed by atoms with Crippen LogP contribution in [0.1, 0.15) is 392 Å². The van der Waals surface area contributed by atoms with Crippen LogP contribution in [0.5, 0.6) is 0 Å². The third kappa shape index (κ3) is 18.9. The van der Waals surface area contributed by atoms with Crippen molar-refractivity contribution < 1.29 is 0 Å². The molecule has 0 aromatic heterocycles. The van der Waals surface area contributed by atoms with Crippen molar-refractivity contribution in [1.29, 1.82) is 0 Å². The van der Waals surface area contributed by atoms with E-state index in [4.69, 9.17) is 0 Å². The van der Waals surface area contributed by atoms with E-state index in [1.807, 2.05) is 0 Å². The molecule has 0 saturated carbocycles. The highest BCUT2D eigenvalue weighted by molar-refractivity contribution is 6.09. The molecule has 0 heteroatoms. The van der Waals surface area contributed by atoms with Crippen molar-refractivity contribution in [1.82, 2.24) is 0 Å². The summed E-state index contributed by atoms with van der Waals surface area (Å²) in [4.78, 5) is 0. The molecule has 12 aromatic rings. The molecule has 0 bridgehead atoms. The maximum Gasteiger partial charge on any atom is -0.00685 e. The summed E-state index contributed by atoms with van der Waals surface area (Å²) >= 11 is 0. The van der Waals surface area contributed by atoms with Crippen molar-refractivity contribution in [2.75, 3.05) is 0 Å². The predicted molar refractivity (Wildman–Crippen MR) is 606 cm³/mol. The number of hydrogen-bond acceptors (Lipinski definition) is 0. The van der Waals surface area contributed by atoms with Crippen LogP contribution >= 0.6 is 0 Å². The van der Waals surface area contributed by atoms with Crippen LogP contribution in [0.15, 0.2) is 33.4 Å². The largest absolute Gasteiger partial charge is 0.0729 e. The minimum Gasteiger partial charge on any atom is -0.0729 e. The van der Waals surface area contributed by atoms with Gasteiger partial charge in [-0.1, -0.05) is 33.4 Å². The summed E-state index contributed by atoms with van der Waals surface area (Å²) in [7, 11) is 0. The summed E-state index contributed by atoms with van der Waals surface area (Å²) in [6.07, 6.45) is 0. The molecule has 0 heterocycles. The molecule has 0 aliphatic rings. The molecule has 12 rings (SSSR count). The Kier molecular flexibility index (Phi) is 34.4. The SMILES string of the molecule is CC(C)=C(C)c1c(C)c(C)c(C)c2c(C)c(C)c(C)c(C)c12.CC(C)=C(C)c1c(C)c(C)c(C)c2c(C)c(C)c(C)c(C)c12.CC(C)=C(C)c1c(C)c(C)c(C)c2c(C)c(C)c(C)c(C)c12.CC(C)=C(C)c1c(C)c(C)c(C)c2c(C)c(C)c(C)c(C)c12.CC(C)=C(C)c1c(C)c(C)c(C)c2c(C)c(C)c(C)c(C)c12.CC(C)=C(C)c1c(C)c(C)c(C)c2c(C)c(C)c(C)c(C)c12. The molecule has 12 aromatic carbocycles. The molecule has 0 fully saturated rings. The van der Waals surface area contributed by atoms with Crippen LogP contribution in [0, 0.1) is 291 Å². The van der Waals surface area contributed by atoms with E-state index < -0.39 is 0 Å². The second-order valence-corrected chi connectivity index (χ2v) is 42.8. The van der Waals surface area contributed by atoms with E-state index in [9.17, 15) is 0 Å². The summed E-state index contributed by atoms with van der Waals surface area (Å²) in [5.74, 6) is 0. The Hall–Kier alpha value is -9.36. The van der Waals surface area contributed by atoms with Gasteiger partial charge in [0.1, 0.15) is 0 Å². The quantitative estimate of drug-likeness (QED) is 0.156. The number of allylic oxidation sites excluding steroid dienone is 12. The first-order valence-electron chi connectivity index (χ1n) is 49.5. The van der Waals surface area contributed by atoms with Crippen LogP contribution < -0.4 is 0 Å². The van der Waals surface area contributed by atoms with Crippen molar-refractivity contribution in [2.24, 2.45) is 0 Å². The Morgan fingerprint density at radius 1 is 0.0758 bits per heavy atom. The van der Waals surface area contributed by atoms with E-state index in [0.717, 1.165) is 0 Å². The molecule has 0 radical (unpaired) electrons. The Morgan fingerprint density at radius 2 is 0.136 bits per heavy atom. The predicted octanol–water partition coefficient (Wildman–Crippen LogP) is 40.9. The zero-order chi connectivity index (χ0) is 102. The second kappa shape index (κ2) is 41.5.